The third-order valence-electron chi connectivity index (χ3n) is 3.83. The first-order chi connectivity index (χ1) is 11.4. The minimum absolute atomic E-state index is 0.0323. The Labute approximate surface area is 140 Å². The SMILES string of the molecule is CC(C)(C)Cc1c(NCC(=O)NO)nc2ccc3ccccc3n12. The third kappa shape index (κ3) is 3.19. The number of hydroxylamine groups is 1. The fraction of sp³-hybridized carbons (Fsp3) is 0.333. The van der Waals surface area contributed by atoms with Crippen LogP contribution in [0, 0.1) is 5.41 Å². The Morgan fingerprint density at radius 3 is 2.67 bits per heavy atom. The average molecular weight is 326 g/mol. The van der Waals surface area contributed by atoms with E-state index < -0.39 is 5.91 Å². The second kappa shape index (κ2) is 6.13. The van der Waals surface area contributed by atoms with Crippen molar-refractivity contribution in [3.8, 4) is 0 Å². The molecule has 6 heteroatoms. The topological polar surface area (TPSA) is 78.7 Å². The van der Waals surface area contributed by atoms with Crippen molar-refractivity contribution in [3.63, 3.8) is 0 Å². The quantitative estimate of drug-likeness (QED) is 0.509. The summed E-state index contributed by atoms with van der Waals surface area (Å²) in [6.45, 7) is 6.47. The van der Waals surface area contributed by atoms with Gasteiger partial charge in [0.2, 0.25) is 0 Å². The Bertz CT molecular complexity index is 893. The summed E-state index contributed by atoms with van der Waals surface area (Å²) in [5.41, 5.74) is 4.63. The molecule has 126 valence electrons. The van der Waals surface area contributed by atoms with Crippen LogP contribution in [0.15, 0.2) is 36.4 Å². The molecule has 0 fully saturated rings. The number of pyridine rings is 1. The summed E-state index contributed by atoms with van der Waals surface area (Å²) < 4.78 is 2.14. The fourth-order valence-corrected chi connectivity index (χ4v) is 2.86. The number of amides is 1. The van der Waals surface area contributed by atoms with Crippen molar-refractivity contribution in [3.05, 3.63) is 42.1 Å². The molecule has 0 spiro atoms. The van der Waals surface area contributed by atoms with E-state index in [-0.39, 0.29) is 12.0 Å². The van der Waals surface area contributed by atoms with Crippen LogP contribution in [-0.4, -0.2) is 27.0 Å². The van der Waals surface area contributed by atoms with E-state index in [4.69, 9.17) is 5.21 Å². The van der Waals surface area contributed by atoms with Gasteiger partial charge in [-0.05, 0) is 35.4 Å². The van der Waals surface area contributed by atoms with Gasteiger partial charge < -0.3 is 5.32 Å². The van der Waals surface area contributed by atoms with Gasteiger partial charge in [-0.25, -0.2) is 10.5 Å². The van der Waals surface area contributed by atoms with Crippen molar-refractivity contribution in [2.24, 2.45) is 5.41 Å². The number of benzene rings is 1. The zero-order valence-electron chi connectivity index (χ0n) is 14.1. The van der Waals surface area contributed by atoms with Gasteiger partial charge in [-0.3, -0.25) is 14.4 Å². The van der Waals surface area contributed by atoms with Crippen LogP contribution < -0.4 is 10.8 Å². The maximum absolute atomic E-state index is 11.4. The number of carbonyl (C=O) groups excluding carboxylic acids is 1. The number of imidazole rings is 1. The Morgan fingerprint density at radius 1 is 1.21 bits per heavy atom. The highest BCUT2D eigenvalue weighted by molar-refractivity contribution is 5.84. The first-order valence-corrected chi connectivity index (χ1v) is 7.95. The smallest absolute Gasteiger partial charge is 0.262 e. The molecule has 6 nitrogen and oxygen atoms in total. The molecule has 3 rings (SSSR count). The van der Waals surface area contributed by atoms with Gasteiger partial charge in [-0.1, -0.05) is 39.0 Å². The van der Waals surface area contributed by atoms with E-state index in [9.17, 15) is 4.79 Å². The Kier molecular flexibility index (Phi) is 4.15. The van der Waals surface area contributed by atoms with Crippen LogP contribution in [0.4, 0.5) is 5.82 Å². The van der Waals surface area contributed by atoms with Gasteiger partial charge in [0.05, 0.1) is 17.8 Å². The maximum Gasteiger partial charge on any atom is 0.262 e. The summed E-state index contributed by atoms with van der Waals surface area (Å²) in [5.74, 6) is 0.170. The normalized spacial score (nSPS) is 11.8. The Balaban J connectivity index is 2.17. The number of fused-ring (bicyclic) bond motifs is 3. The molecule has 0 aliphatic rings. The molecule has 2 aromatic heterocycles. The van der Waals surface area contributed by atoms with Crippen molar-refractivity contribution in [2.75, 3.05) is 11.9 Å². The first-order valence-electron chi connectivity index (χ1n) is 7.95. The van der Waals surface area contributed by atoms with E-state index in [2.05, 4.69) is 47.6 Å². The number of nitrogens with one attached hydrogen (secondary N) is 2. The highest BCUT2D eigenvalue weighted by atomic mass is 16.5. The van der Waals surface area contributed by atoms with Gasteiger partial charge in [0.1, 0.15) is 11.5 Å². The molecule has 1 aromatic carbocycles. The molecule has 0 bridgehead atoms. The summed E-state index contributed by atoms with van der Waals surface area (Å²) >= 11 is 0. The predicted molar refractivity (Wildman–Crippen MR) is 94.3 cm³/mol. The molecule has 0 atom stereocenters. The van der Waals surface area contributed by atoms with Crippen LogP contribution in [0.3, 0.4) is 0 Å². The lowest BCUT2D eigenvalue weighted by molar-refractivity contribution is -0.127. The molecule has 3 N–H and O–H groups in total. The number of anilines is 1. The summed E-state index contributed by atoms with van der Waals surface area (Å²) in [4.78, 5) is 16.0. The van der Waals surface area contributed by atoms with Crippen molar-refractivity contribution in [1.82, 2.24) is 14.9 Å². The largest absolute Gasteiger partial charge is 0.359 e. The number of hydrogen-bond acceptors (Lipinski definition) is 4. The van der Waals surface area contributed by atoms with Gasteiger partial charge in [0, 0.05) is 0 Å². The van der Waals surface area contributed by atoms with Gasteiger partial charge in [-0.2, -0.15) is 0 Å². The van der Waals surface area contributed by atoms with Gasteiger partial charge in [-0.15, -0.1) is 0 Å². The number of nitrogens with zero attached hydrogens (tertiary/aromatic N) is 2. The maximum atomic E-state index is 11.4. The van der Waals surface area contributed by atoms with E-state index in [1.807, 2.05) is 24.3 Å². The average Bonchev–Trinajstić information content (AvgIpc) is 2.89. The Morgan fingerprint density at radius 2 is 1.96 bits per heavy atom. The van der Waals surface area contributed by atoms with Crippen LogP contribution in [0.5, 0.6) is 0 Å². The predicted octanol–water partition coefficient (Wildman–Crippen LogP) is 2.99. The summed E-state index contributed by atoms with van der Waals surface area (Å²) in [6.07, 6.45) is 0.797. The minimum atomic E-state index is -0.501. The number of hydrogen-bond donors (Lipinski definition) is 3. The summed E-state index contributed by atoms with van der Waals surface area (Å²) in [5, 5.41) is 12.9. The van der Waals surface area contributed by atoms with E-state index >= 15 is 0 Å². The molecule has 2 heterocycles. The number of carbonyl (C=O) groups is 1. The van der Waals surface area contributed by atoms with Crippen molar-refractivity contribution in [1.29, 1.82) is 0 Å². The van der Waals surface area contributed by atoms with Crippen molar-refractivity contribution in [2.45, 2.75) is 27.2 Å². The standard InChI is InChI=1S/C18H22N4O2/c1-18(2,3)10-14-17(19-11-16(23)21-24)20-15-9-8-12-6-4-5-7-13(12)22(14)15/h4-9,19,24H,10-11H2,1-3H3,(H,21,23). The summed E-state index contributed by atoms with van der Waals surface area (Å²) in [7, 11) is 0. The van der Waals surface area contributed by atoms with E-state index in [1.54, 1.807) is 5.48 Å². The lowest BCUT2D eigenvalue weighted by Crippen LogP contribution is -2.27. The molecular weight excluding hydrogens is 304 g/mol. The van der Waals surface area contributed by atoms with E-state index in [1.165, 1.54) is 0 Å². The molecule has 0 saturated heterocycles. The number of para-hydroxylation sites is 1. The molecular formula is C18H22N4O2. The van der Waals surface area contributed by atoms with Crippen LogP contribution in [0.25, 0.3) is 16.6 Å². The summed E-state index contributed by atoms with van der Waals surface area (Å²) in [6, 6.07) is 12.2. The number of rotatable bonds is 4. The second-order valence-electron chi connectivity index (χ2n) is 7.12. The van der Waals surface area contributed by atoms with E-state index in [0.29, 0.717) is 5.82 Å². The monoisotopic (exact) mass is 326 g/mol. The molecule has 0 aliphatic carbocycles. The van der Waals surface area contributed by atoms with Crippen molar-refractivity contribution < 1.29 is 10.0 Å². The molecule has 0 saturated carbocycles. The van der Waals surface area contributed by atoms with Crippen LogP contribution in [-0.2, 0) is 11.2 Å². The highest BCUT2D eigenvalue weighted by Crippen LogP contribution is 2.29. The zero-order valence-corrected chi connectivity index (χ0v) is 14.1. The molecule has 0 radical (unpaired) electrons. The van der Waals surface area contributed by atoms with Crippen LogP contribution in [0.1, 0.15) is 26.5 Å². The first kappa shape index (κ1) is 16.3. The second-order valence-corrected chi connectivity index (χ2v) is 7.12. The number of aromatic nitrogens is 2. The molecule has 0 aliphatic heterocycles. The fourth-order valence-electron chi connectivity index (χ4n) is 2.86. The molecule has 1 amide bonds. The highest BCUT2D eigenvalue weighted by Gasteiger charge is 2.21. The molecule has 24 heavy (non-hydrogen) atoms. The van der Waals surface area contributed by atoms with Crippen LogP contribution >= 0.6 is 0 Å². The van der Waals surface area contributed by atoms with Gasteiger partial charge >= 0.3 is 0 Å². The van der Waals surface area contributed by atoms with Gasteiger partial charge in [0.15, 0.2) is 0 Å². The molecule has 0 unspecified atom stereocenters. The van der Waals surface area contributed by atoms with Gasteiger partial charge in [0.25, 0.3) is 5.91 Å². The van der Waals surface area contributed by atoms with E-state index in [0.717, 1.165) is 28.7 Å². The zero-order chi connectivity index (χ0) is 17.3. The third-order valence-corrected chi connectivity index (χ3v) is 3.83. The Hall–Kier alpha value is -2.60. The lowest BCUT2D eigenvalue weighted by atomic mass is 9.90. The molecule has 3 aromatic rings. The van der Waals surface area contributed by atoms with Crippen molar-refractivity contribution >= 4 is 28.3 Å². The minimum Gasteiger partial charge on any atom is -0.359 e. The lowest BCUT2D eigenvalue weighted by Gasteiger charge is -2.19. The van der Waals surface area contributed by atoms with Crippen LogP contribution in [0.2, 0.25) is 0 Å².